The molecular weight excluding hydrogens is 297 g/mol. The molecule has 0 bridgehead atoms. The molecule has 0 unspecified atom stereocenters. The highest BCUT2D eigenvalue weighted by Gasteiger charge is 2.08. The van der Waals surface area contributed by atoms with Crippen LogP contribution in [0.5, 0.6) is 0 Å². The van der Waals surface area contributed by atoms with Crippen molar-refractivity contribution in [3.05, 3.63) is 64.7 Å². The molecule has 2 aromatic rings. The van der Waals surface area contributed by atoms with E-state index in [2.05, 4.69) is 15.8 Å². The lowest BCUT2D eigenvalue weighted by molar-refractivity contribution is -0.121. The van der Waals surface area contributed by atoms with Gasteiger partial charge in [-0.2, -0.15) is 0 Å². The second kappa shape index (κ2) is 6.81. The number of hydrogen-bond donors (Lipinski definition) is 2. The predicted octanol–water partition coefficient (Wildman–Crippen LogP) is 1.88. The number of halogens is 2. The zero-order valence-corrected chi connectivity index (χ0v) is 11.5. The Bertz CT molecular complexity index is 662. The quantitative estimate of drug-likeness (QED) is 0.672. The van der Waals surface area contributed by atoms with Crippen LogP contribution in [0.15, 0.2) is 42.6 Å². The summed E-state index contributed by atoms with van der Waals surface area (Å²) in [6, 6.07) is 8.37. The van der Waals surface area contributed by atoms with Crippen molar-refractivity contribution in [3.63, 3.8) is 0 Å². The van der Waals surface area contributed by atoms with Crippen LogP contribution in [0.2, 0.25) is 5.15 Å². The van der Waals surface area contributed by atoms with E-state index in [1.165, 1.54) is 42.6 Å². The summed E-state index contributed by atoms with van der Waals surface area (Å²) in [4.78, 5) is 27.1. The third-order valence-electron chi connectivity index (χ3n) is 2.58. The van der Waals surface area contributed by atoms with Crippen LogP contribution in [-0.4, -0.2) is 16.8 Å². The fourth-order valence-corrected chi connectivity index (χ4v) is 1.75. The molecule has 2 rings (SSSR count). The number of pyridine rings is 1. The van der Waals surface area contributed by atoms with Gasteiger partial charge in [0, 0.05) is 11.8 Å². The van der Waals surface area contributed by atoms with Gasteiger partial charge in [-0.05, 0) is 29.8 Å². The summed E-state index contributed by atoms with van der Waals surface area (Å²) in [6.45, 7) is 0. The van der Waals surface area contributed by atoms with Crippen molar-refractivity contribution in [2.75, 3.05) is 0 Å². The molecule has 108 valence electrons. The summed E-state index contributed by atoms with van der Waals surface area (Å²) in [5.41, 5.74) is 5.44. The van der Waals surface area contributed by atoms with Crippen molar-refractivity contribution >= 4 is 23.4 Å². The van der Waals surface area contributed by atoms with E-state index in [1.54, 1.807) is 0 Å². The summed E-state index contributed by atoms with van der Waals surface area (Å²) >= 11 is 5.66. The summed E-state index contributed by atoms with van der Waals surface area (Å²) < 4.78 is 12.7. The van der Waals surface area contributed by atoms with E-state index < -0.39 is 11.8 Å². The van der Waals surface area contributed by atoms with Crippen molar-refractivity contribution < 1.29 is 14.0 Å². The second-order valence-corrected chi connectivity index (χ2v) is 4.56. The smallest absolute Gasteiger partial charge is 0.269 e. The van der Waals surface area contributed by atoms with Crippen LogP contribution in [0, 0.1) is 5.82 Å². The van der Waals surface area contributed by atoms with Crippen LogP contribution in [0.1, 0.15) is 15.9 Å². The van der Waals surface area contributed by atoms with E-state index in [4.69, 9.17) is 11.6 Å². The molecule has 0 saturated carbocycles. The van der Waals surface area contributed by atoms with Gasteiger partial charge in [0.1, 0.15) is 11.0 Å². The molecule has 21 heavy (non-hydrogen) atoms. The summed E-state index contributed by atoms with van der Waals surface area (Å²) in [7, 11) is 0. The Hall–Kier alpha value is -2.47. The van der Waals surface area contributed by atoms with Crippen molar-refractivity contribution in [2.45, 2.75) is 6.42 Å². The maximum Gasteiger partial charge on any atom is 0.269 e. The molecule has 0 spiro atoms. The zero-order valence-electron chi connectivity index (χ0n) is 10.8. The average molecular weight is 308 g/mol. The first-order valence-corrected chi connectivity index (χ1v) is 6.37. The summed E-state index contributed by atoms with van der Waals surface area (Å²) in [6.07, 6.45) is 1.41. The van der Waals surface area contributed by atoms with Gasteiger partial charge in [0.25, 0.3) is 5.91 Å². The Labute approximate surface area is 125 Å². The minimum atomic E-state index is -0.508. The van der Waals surface area contributed by atoms with Crippen LogP contribution in [0.3, 0.4) is 0 Å². The molecular formula is C14H11ClFN3O2. The number of hydrazine groups is 1. The summed E-state index contributed by atoms with van der Waals surface area (Å²) in [5, 5.41) is 0.181. The molecule has 0 fully saturated rings. The van der Waals surface area contributed by atoms with Gasteiger partial charge in [0.05, 0.1) is 6.42 Å². The minimum absolute atomic E-state index is 0.0255. The van der Waals surface area contributed by atoms with E-state index in [1.807, 2.05) is 0 Å². The van der Waals surface area contributed by atoms with Crippen LogP contribution in [-0.2, 0) is 11.2 Å². The van der Waals surface area contributed by atoms with Crippen LogP contribution in [0.4, 0.5) is 4.39 Å². The molecule has 0 radical (unpaired) electrons. The highest BCUT2D eigenvalue weighted by Crippen LogP contribution is 2.06. The van der Waals surface area contributed by atoms with Gasteiger partial charge in [-0.3, -0.25) is 20.4 Å². The van der Waals surface area contributed by atoms with Gasteiger partial charge in [-0.15, -0.1) is 0 Å². The zero-order chi connectivity index (χ0) is 15.2. The number of nitrogens with zero attached hydrogens (tertiary/aromatic N) is 1. The number of aromatic nitrogens is 1. The number of carbonyl (C=O) groups excluding carboxylic acids is 2. The monoisotopic (exact) mass is 307 g/mol. The van der Waals surface area contributed by atoms with Gasteiger partial charge in [0.15, 0.2) is 0 Å². The van der Waals surface area contributed by atoms with E-state index in [-0.39, 0.29) is 23.0 Å². The molecule has 0 aliphatic heterocycles. The lowest BCUT2D eigenvalue weighted by atomic mass is 10.1. The second-order valence-electron chi connectivity index (χ2n) is 4.17. The van der Waals surface area contributed by atoms with E-state index in [0.29, 0.717) is 5.56 Å². The van der Waals surface area contributed by atoms with Gasteiger partial charge in [-0.1, -0.05) is 23.7 Å². The highest BCUT2D eigenvalue weighted by atomic mass is 35.5. The molecule has 0 aliphatic rings. The number of amides is 2. The third-order valence-corrected chi connectivity index (χ3v) is 2.79. The van der Waals surface area contributed by atoms with Gasteiger partial charge in [-0.25, -0.2) is 9.37 Å². The van der Waals surface area contributed by atoms with Crippen molar-refractivity contribution in [1.82, 2.24) is 15.8 Å². The molecule has 7 heteroatoms. The Morgan fingerprint density at radius 1 is 1.14 bits per heavy atom. The molecule has 2 amide bonds. The van der Waals surface area contributed by atoms with Crippen LogP contribution in [0.25, 0.3) is 0 Å². The molecule has 0 saturated heterocycles. The van der Waals surface area contributed by atoms with Gasteiger partial charge in [0.2, 0.25) is 5.91 Å². The van der Waals surface area contributed by atoms with Gasteiger partial charge >= 0.3 is 0 Å². The van der Waals surface area contributed by atoms with E-state index in [9.17, 15) is 14.0 Å². The molecule has 5 nitrogen and oxygen atoms in total. The lowest BCUT2D eigenvalue weighted by Crippen LogP contribution is -2.42. The number of nitrogens with one attached hydrogen (secondary N) is 2. The maximum absolute atomic E-state index is 12.7. The third kappa shape index (κ3) is 4.54. The van der Waals surface area contributed by atoms with Crippen molar-refractivity contribution in [1.29, 1.82) is 0 Å². The largest absolute Gasteiger partial charge is 0.273 e. The lowest BCUT2D eigenvalue weighted by Gasteiger charge is -2.07. The average Bonchev–Trinajstić information content (AvgIpc) is 2.47. The Morgan fingerprint density at radius 3 is 2.52 bits per heavy atom. The van der Waals surface area contributed by atoms with Crippen LogP contribution < -0.4 is 10.9 Å². The fourth-order valence-electron chi connectivity index (χ4n) is 1.57. The molecule has 0 aliphatic carbocycles. The van der Waals surface area contributed by atoms with Crippen molar-refractivity contribution in [2.24, 2.45) is 0 Å². The Morgan fingerprint density at radius 2 is 1.86 bits per heavy atom. The first-order valence-electron chi connectivity index (χ1n) is 6.00. The highest BCUT2D eigenvalue weighted by molar-refractivity contribution is 6.29. The molecule has 0 atom stereocenters. The van der Waals surface area contributed by atoms with Gasteiger partial charge < -0.3 is 0 Å². The fraction of sp³-hybridized carbons (Fsp3) is 0.0714. The number of carbonyl (C=O) groups is 2. The first-order chi connectivity index (χ1) is 10.0. The standard InChI is InChI=1S/C14H11ClFN3O2/c15-12-8-10(5-6-17-12)14(21)19-18-13(20)7-9-1-3-11(16)4-2-9/h1-6,8H,7H2,(H,18,20)(H,19,21). The molecule has 1 aromatic heterocycles. The number of hydrogen-bond acceptors (Lipinski definition) is 3. The molecule has 1 heterocycles. The maximum atomic E-state index is 12.7. The normalized spacial score (nSPS) is 10.0. The van der Waals surface area contributed by atoms with Crippen LogP contribution >= 0.6 is 11.6 Å². The molecule has 2 N–H and O–H groups in total. The summed E-state index contributed by atoms with van der Waals surface area (Å²) in [5.74, 6) is -1.30. The van der Waals surface area contributed by atoms with E-state index >= 15 is 0 Å². The number of rotatable bonds is 3. The first kappa shape index (κ1) is 14.9. The van der Waals surface area contributed by atoms with Crippen molar-refractivity contribution in [3.8, 4) is 0 Å². The Kier molecular flexibility index (Phi) is 4.84. The minimum Gasteiger partial charge on any atom is -0.273 e. The Balaban J connectivity index is 1.86. The predicted molar refractivity (Wildman–Crippen MR) is 75.0 cm³/mol. The SMILES string of the molecule is O=C(Cc1ccc(F)cc1)NNC(=O)c1ccnc(Cl)c1. The molecule has 1 aromatic carbocycles. The topological polar surface area (TPSA) is 71.1 Å². The number of benzene rings is 1. The van der Waals surface area contributed by atoms with E-state index in [0.717, 1.165) is 0 Å².